The minimum absolute atomic E-state index is 0.669. The van der Waals surface area contributed by atoms with Gasteiger partial charge in [0.05, 0.1) is 18.2 Å². The van der Waals surface area contributed by atoms with Crippen LogP contribution < -0.4 is 4.90 Å². The van der Waals surface area contributed by atoms with Crippen molar-refractivity contribution in [2.24, 2.45) is 5.92 Å². The van der Waals surface area contributed by atoms with Gasteiger partial charge in [0, 0.05) is 44.8 Å². The normalized spacial score (nSPS) is 21.6. The van der Waals surface area contributed by atoms with E-state index >= 15 is 0 Å². The number of aromatic nitrogens is 3. The third-order valence-corrected chi connectivity index (χ3v) is 5.91. The maximum atomic E-state index is 6.40. The molecule has 0 amide bonds. The summed E-state index contributed by atoms with van der Waals surface area (Å²) in [6, 6.07) is 7.86. The van der Waals surface area contributed by atoms with Crippen molar-refractivity contribution in [1.29, 1.82) is 0 Å². The van der Waals surface area contributed by atoms with Crippen molar-refractivity contribution in [2.75, 3.05) is 50.8 Å². The number of hydrogen-bond acceptors (Lipinski definition) is 5. The zero-order chi connectivity index (χ0) is 18.6. The lowest BCUT2D eigenvalue weighted by Crippen LogP contribution is -2.45. The number of nitrogens with zero attached hydrogens (tertiary/aromatic N) is 5. The first-order valence-electron chi connectivity index (χ1n) is 9.99. The van der Waals surface area contributed by atoms with E-state index in [-0.39, 0.29) is 0 Å². The van der Waals surface area contributed by atoms with Crippen LogP contribution in [0.2, 0.25) is 5.02 Å². The topological polar surface area (TPSA) is 46.4 Å². The van der Waals surface area contributed by atoms with Gasteiger partial charge in [0.25, 0.3) is 0 Å². The SMILES string of the molecule is CCn1c(-c2ccccc2Cl)nnc1N1CCC[C@@H](CN2CCOCC2)C1. The molecule has 6 nitrogen and oxygen atoms in total. The lowest BCUT2D eigenvalue weighted by molar-refractivity contribution is 0.0296. The largest absolute Gasteiger partial charge is 0.379 e. The molecule has 0 N–H and O–H groups in total. The van der Waals surface area contributed by atoms with E-state index in [4.69, 9.17) is 16.3 Å². The quantitative estimate of drug-likeness (QED) is 0.786. The van der Waals surface area contributed by atoms with Gasteiger partial charge >= 0.3 is 0 Å². The van der Waals surface area contributed by atoms with Crippen molar-refractivity contribution in [3.05, 3.63) is 29.3 Å². The lowest BCUT2D eigenvalue weighted by Gasteiger charge is -2.37. The van der Waals surface area contributed by atoms with Gasteiger partial charge in [0.15, 0.2) is 5.82 Å². The van der Waals surface area contributed by atoms with Crippen LogP contribution in [0.5, 0.6) is 0 Å². The second-order valence-electron chi connectivity index (χ2n) is 7.41. The van der Waals surface area contributed by atoms with Crippen LogP contribution in [0, 0.1) is 5.92 Å². The summed E-state index contributed by atoms with van der Waals surface area (Å²) in [4.78, 5) is 4.95. The molecule has 4 rings (SSSR count). The number of piperidine rings is 1. The molecular formula is C20H28ClN5O. The summed E-state index contributed by atoms with van der Waals surface area (Å²) >= 11 is 6.40. The zero-order valence-corrected chi connectivity index (χ0v) is 16.7. The third kappa shape index (κ3) is 4.13. The number of morpholine rings is 1. The summed E-state index contributed by atoms with van der Waals surface area (Å²) < 4.78 is 7.67. The first kappa shape index (κ1) is 18.7. The number of ether oxygens (including phenoxy) is 1. The number of halogens is 1. The van der Waals surface area contributed by atoms with E-state index in [1.807, 2.05) is 24.3 Å². The smallest absolute Gasteiger partial charge is 0.227 e. The Labute approximate surface area is 166 Å². The predicted octanol–water partition coefficient (Wildman–Crippen LogP) is 3.17. The molecule has 1 aromatic carbocycles. The Morgan fingerprint density at radius 2 is 1.96 bits per heavy atom. The average molecular weight is 390 g/mol. The highest BCUT2D eigenvalue weighted by molar-refractivity contribution is 6.33. The van der Waals surface area contributed by atoms with Crippen molar-refractivity contribution >= 4 is 17.5 Å². The van der Waals surface area contributed by atoms with Gasteiger partial charge < -0.3 is 9.64 Å². The van der Waals surface area contributed by atoms with Gasteiger partial charge in [-0.05, 0) is 37.8 Å². The van der Waals surface area contributed by atoms with Crippen molar-refractivity contribution in [3.8, 4) is 11.4 Å². The molecule has 0 radical (unpaired) electrons. The molecule has 146 valence electrons. The second-order valence-corrected chi connectivity index (χ2v) is 7.82. The van der Waals surface area contributed by atoms with E-state index in [1.165, 1.54) is 12.8 Å². The van der Waals surface area contributed by atoms with Crippen LogP contribution in [0.15, 0.2) is 24.3 Å². The molecule has 2 aromatic rings. The fourth-order valence-electron chi connectivity index (χ4n) is 4.21. The molecule has 2 saturated heterocycles. The van der Waals surface area contributed by atoms with Gasteiger partial charge in [0.2, 0.25) is 5.95 Å². The van der Waals surface area contributed by atoms with Crippen LogP contribution in [0.4, 0.5) is 5.95 Å². The molecule has 2 aliphatic heterocycles. The van der Waals surface area contributed by atoms with Crippen LogP contribution in [0.3, 0.4) is 0 Å². The van der Waals surface area contributed by atoms with Gasteiger partial charge in [-0.2, -0.15) is 0 Å². The summed E-state index contributed by atoms with van der Waals surface area (Å²) in [7, 11) is 0. The van der Waals surface area contributed by atoms with Crippen molar-refractivity contribution < 1.29 is 4.74 Å². The minimum Gasteiger partial charge on any atom is -0.379 e. The molecule has 1 atom stereocenters. The molecule has 1 aromatic heterocycles. The highest BCUT2D eigenvalue weighted by Gasteiger charge is 2.27. The zero-order valence-electron chi connectivity index (χ0n) is 16.0. The minimum atomic E-state index is 0.669. The second kappa shape index (κ2) is 8.59. The standard InChI is InChI=1S/C20H28ClN5O/c1-2-26-19(17-7-3-4-8-18(17)21)22-23-20(26)25-9-5-6-16(15-25)14-24-10-12-27-13-11-24/h3-4,7-8,16H,2,5-6,9-15H2,1H3/t16-/m0/s1. The van der Waals surface area contributed by atoms with Gasteiger partial charge in [0.1, 0.15) is 0 Å². The van der Waals surface area contributed by atoms with E-state index in [0.29, 0.717) is 5.92 Å². The van der Waals surface area contributed by atoms with Crippen LogP contribution in [-0.2, 0) is 11.3 Å². The van der Waals surface area contributed by atoms with E-state index in [2.05, 4.69) is 31.5 Å². The maximum absolute atomic E-state index is 6.40. The Morgan fingerprint density at radius 1 is 1.15 bits per heavy atom. The highest BCUT2D eigenvalue weighted by Crippen LogP contribution is 2.30. The van der Waals surface area contributed by atoms with E-state index < -0.39 is 0 Å². The summed E-state index contributed by atoms with van der Waals surface area (Å²) in [6.07, 6.45) is 2.48. The van der Waals surface area contributed by atoms with E-state index in [0.717, 1.165) is 74.8 Å². The number of benzene rings is 1. The molecule has 27 heavy (non-hydrogen) atoms. The maximum Gasteiger partial charge on any atom is 0.227 e. The first-order chi connectivity index (χ1) is 13.3. The highest BCUT2D eigenvalue weighted by atomic mass is 35.5. The molecule has 0 bridgehead atoms. The molecule has 0 spiro atoms. The van der Waals surface area contributed by atoms with E-state index in [1.54, 1.807) is 0 Å². The van der Waals surface area contributed by atoms with Crippen molar-refractivity contribution in [2.45, 2.75) is 26.3 Å². The molecule has 2 fully saturated rings. The first-order valence-corrected chi connectivity index (χ1v) is 10.4. The summed E-state index contributed by atoms with van der Waals surface area (Å²) in [5, 5.41) is 9.77. The molecule has 2 aliphatic rings. The van der Waals surface area contributed by atoms with Gasteiger partial charge in [-0.15, -0.1) is 10.2 Å². The van der Waals surface area contributed by atoms with Crippen molar-refractivity contribution in [3.63, 3.8) is 0 Å². The predicted molar refractivity (Wildman–Crippen MR) is 108 cm³/mol. The fourth-order valence-corrected chi connectivity index (χ4v) is 4.43. The summed E-state index contributed by atoms with van der Waals surface area (Å²) in [5.74, 6) is 2.50. The Hall–Kier alpha value is -1.63. The Bertz CT molecular complexity index is 759. The summed E-state index contributed by atoms with van der Waals surface area (Å²) in [6.45, 7) is 10.0. The lowest BCUT2D eigenvalue weighted by atomic mass is 9.97. The summed E-state index contributed by atoms with van der Waals surface area (Å²) in [5.41, 5.74) is 0.946. The fraction of sp³-hybridized carbons (Fsp3) is 0.600. The van der Waals surface area contributed by atoms with Gasteiger partial charge in [-0.1, -0.05) is 23.7 Å². The molecule has 7 heteroatoms. The molecule has 0 aliphatic carbocycles. The third-order valence-electron chi connectivity index (χ3n) is 5.58. The van der Waals surface area contributed by atoms with Gasteiger partial charge in [-0.3, -0.25) is 9.47 Å². The molecule has 0 saturated carbocycles. The molecule has 0 unspecified atom stereocenters. The average Bonchev–Trinajstić information content (AvgIpc) is 3.13. The molecule has 3 heterocycles. The Kier molecular flexibility index (Phi) is 5.95. The number of rotatable bonds is 5. The Morgan fingerprint density at radius 3 is 2.74 bits per heavy atom. The monoisotopic (exact) mass is 389 g/mol. The van der Waals surface area contributed by atoms with E-state index in [9.17, 15) is 0 Å². The van der Waals surface area contributed by atoms with Crippen LogP contribution in [-0.4, -0.2) is 65.6 Å². The number of hydrogen-bond donors (Lipinski definition) is 0. The van der Waals surface area contributed by atoms with Crippen molar-refractivity contribution in [1.82, 2.24) is 19.7 Å². The van der Waals surface area contributed by atoms with Crippen LogP contribution in [0.25, 0.3) is 11.4 Å². The molecular weight excluding hydrogens is 362 g/mol. The van der Waals surface area contributed by atoms with Gasteiger partial charge in [-0.25, -0.2) is 0 Å². The number of anilines is 1. The van der Waals surface area contributed by atoms with Crippen LogP contribution in [0.1, 0.15) is 19.8 Å². The Balaban J connectivity index is 1.51. The van der Waals surface area contributed by atoms with Crippen LogP contribution >= 0.6 is 11.6 Å².